The Labute approximate surface area is 119 Å². The molecule has 2 aromatic carbocycles. The van der Waals surface area contributed by atoms with E-state index in [2.05, 4.69) is 10.6 Å². The summed E-state index contributed by atoms with van der Waals surface area (Å²) in [7, 11) is 0. The molecule has 0 aromatic heterocycles. The largest absolute Gasteiger partial charge is 0.399 e. The molecule has 0 heterocycles. The minimum Gasteiger partial charge on any atom is -0.399 e. The molecule has 0 saturated carbocycles. The molecule has 0 spiro atoms. The molecule has 104 valence electrons. The number of nitrogen functional groups attached to an aromatic ring is 1. The molecule has 1 amide bonds. The van der Waals surface area contributed by atoms with Crippen molar-refractivity contribution >= 4 is 17.3 Å². The van der Waals surface area contributed by atoms with Crippen LogP contribution >= 0.6 is 0 Å². The van der Waals surface area contributed by atoms with Crippen LogP contribution in [0.3, 0.4) is 0 Å². The first-order valence-electron chi connectivity index (χ1n) is 6.66. The van der Waals surface area contributed by atoms with Gasteiger partial charge in [0.2, 0.25) is 0 Å². The normalized spacial score (nSPS) is 10.1. The summed E-state index contributed by atoms with van der Waals surface area (Å²) in [5.74, 6) is -0.115. The Hall–Kier alpha value is -2.49. The summed E-state index contributed by atoms with van der Waals surface area (Å²) in [6, 6.07) is 15.4. The summed E-state index contributed by atoms with van der Waals surface area (Å²) in [5.41, 5.74) is 8.86. The molecule has 20 heavy (non-hydrogen) atoms. The van der Waals surface area contributed by atoms with Crippen LogP contribution in [0, 0.1) is 0 Å². The molecular formula is C16H19N3O. The van der Waals surface area contributed by atoms with Crippen molar-refractivity contribution in [2.75, 3.05) is 17.6 Å². The molecule has 0 aliphatic heterocycles. The highest BCUT2D eigenvalue weighted by Crippen LogP contribution is 2.19. The van der Waals surface area contributed by atoms with E-state index in [4.69, 9.17) is 5.73 Å². The predicted octanol–water partition coefficient (Wildman–Crippen LogP) is 2.63. The molecule has 4 heteroatoms. The average molecular weight is 269 g/mol. The average Bonchev–Trinajstić information content (AvgIpc) is 2.47. The van der Waals surface area contributed by atoms with Gasteiger partial charge in [0, 0.05) is 24.5 Å². The van der Waals surface area contributed by atoms with Crippen molar-refractivity contribution in [3.63, 3.8) is 0 Å². The van der Waals surface area contributed by atoms with Gasteiger partial charge < -0.3 is 16.4 Å². The zero-order chi connectivity index (χ0) is 14.4. The first kappa shape index (κ1) is 13.9. The van der Waals surface area contributed by atoms with Gasteiger partial charge >= 0.3 is 0 Å². The van der Waals surface area contributed by atoms with Gasteiger partial charge in [-0.2, -0.15) is 0 Å². The van der Waals surface area contributed by atoms with Crippen LogP contribution in [0.5, 0.6) is 0 Å². The van der Waals surface area contributed by atoms with Gasteiger partial charge in [0.15, 0.2) is 0 Å². The zero-order valence-electron chi connectivity index (χ0n) is 11.5. The topological polar surface area (TPSA) is 67.2 Å². The van der Waals surface area contributed by atoms with E-state index in [0.717, 1.165) is 11.3 Å². The van der Waals surface area contributed by atoms with Crippen LogP contribution in [0.25, 0.3) is 0 Å². The van der Waals surface area contributed by atoms with Gasteiger partial charge in [-0.3, -0.25) is 4.79 Å². The Morgan fingerprint density at radius 1 is 1.15 bits per heavy atom. The number of rotatable bonds is 5. The van der Waals surface area contributed by atoms with Crippen molar-refractivity contribution in [2.45, 2.75) is 13.5 Å². The number of hydrogen-bond donors (Lipinski definition) is 3. The Bertz CT molecular complexity index is 582. The van der Waals surface area contributed by atoms with Crippen LogP contribution in [0.1, 0.15) is 22.8 Å². The monoisotopic (exact) mass is 269 g/mol. The van der Waals surface area contributed by atoms with Crippen molar-refractivity contribution in [1.82, 2.24) is 5.32 Å². The van der Waals surface area contributed by atoms with E-state index in [1.165, 1.54) is 0 Å². The zero-order valence-corrected chi connectivity index (χ0v) is 11.5. The van der Waals surface area contributed by atoms with Crippen molar-refractivity contribution in [1.29, 1.82) is 0 Å². The lowest BCUT2D eigenvalue weighted by Gasteiger charge is -2.12. The molecule has 0 saturated heterocycles. The number of amides is 1. The summed E-state index contributed by atoms with van der Waals surface area (Å²) in [6.07, 6.45) is 0. The van der Waals surface area contributed by atoms with Crippen LogP contribution in [0.15, 0.2) is 48.5 Å². The van der Waals surface area contributed by atoms with Crippen molar-refractivity contribution < 1.29 is 4.79 Å². The third-order valence-electron chi connectivity index (χ3n) is 2.95. The molecule has 2 rings (SSSR count). The van der Waals surface area contributed by atoms with E-state index in [1.807, 2.05) is 43.3 Å². The second kappa shape index (κ2) is 6.61. The third kappa shape index (κ3) is 3.51. The number of nitrogens with one attached hydrogen (secondary N) is 2. The Morgan fingerprint density at radius 3 is 2.60 bits per heavy atom. The van der Waals surface area contributed by atoms with E-state index >= 15 is 0 Å². The highest BCUT2D eigenvalue weighted by Gasteiger charge is 2.10. The second-order valence-corrected chi connectivity index (χ2v) is 4.50. The van der Waals surface area contributed by atoms with E-state index < -0.39 is 0 Å². The molecular weight excluding hydrogens is 250 g/mol. The van der Waals surface area contributed by atoms with Gasteiger partial charge in [0.05, 0.1) is 5.56 Å². The fraction of sp³-hybridized carbons (Fsp3) is 0.188. The Balaban J connectivity index is 2.16. The molecule has 0 aliphatic rings. The van der Waals surface area contributed by atoms with Crippen LogP contribution in [-0.2, 0) is 6.54 Å². The summed E-state index contributed by atoms with van der Waals surface area (Å²) >= 11 is 0. The standard InChI is InChI=1S/C16H19N3O/c1-2-18-16(20)14-10-13(17)8-9-15(14)19-11-12-6-4-3-5-7-12/h3-10,19H,2,11,17H2,1H3,(H,18,20). The molecule has 0 fully saturated rings. The lowest BCUT2D eigenvalue weighted by molar-refractivity contribution is 0.0956. The Kier molecular flexibility index (Phi) is 4.60. The smallest absolute Gasteiger partial charge is 0.253 e. The van der Waals surface area contributed by atoms with Crippen LogP contribution in [0.4, 0.5) is 11.4 Å². The Morgan fingerprint density at radius 2 is 1.90 bits per heavy atom. The lowest BCUT2D eigenvalue weighted by atomic mass is 10.1. The van der Waals surface area contributed by atoms with Crippen LogP contribution in [0.2, 0.25) is 0 Å². The maximum atomic E-state index is 12.0. The quantitative estimate of drug-likeness (QED) is 0.731. The SMILES string of the molecule is CCNC(=O)c1cc(N)ccc1NCc1ccccc1. The van der Waals surface area contributed by atoms with Gasteiger partial charge in [0.25, 0.3) is 5.91 Å². The number of carbonyl (C=O) groups excluding carboxylic acids is 1. The summed E-state index contributed by atoms with van der Waals surface area (Å²) in [5, 5.41) is 6.07. The van der Waals surface area contributed by atoms with E-state index in [-0.39, 0.29) is 5.91 Å². The lowest BCUT2D eigenvalue weighted by Crippen LogP contribution is -2.24. The van der Waals surface area contributed by atoms with Gasteiger partial charge in [-0.05, 0) is 30.7 Å². The van der Waals surface area contributed by atoms with Crippen molar-refractivity contribution in [2.24, 2.45) is 0 Å². The summed E-state index contributed by atoms with van der Waals surface area (Å²) in [6.45, 7) is 3.14. The minimum absolute atomic E-state index is 0.115. The fourth-order valence-electron chi connectivity index (χ4n) is 1.95. The molecule has 0 aliphatic carbocycles. The number of carbonyl (C=O) groups is 1. The molecule has 4 N–H and O–H groups in total. The summed E-state index contributed by atoms with van der Waals surface area (Å²) in [4.78, 5) is 12.0. The number of hydrogen-bond acceptors (Lipinski definition) is 3. The molecule has 4 nitrogen and oxygen atoms in total. The minimum atomic E-state index is -0.115. The number of anilines is 2. The van der Waals surface area contributed by atoms with Crippen LogP contribution in [-0.4, -0.2) is 12.5 Å². The van der Waals surface area contributed by atoms with E-state index in [1.54, 1.807) is 12.1 Å². The van der Waals surface area contributed by atoms with Gasteiger partial charge in [-0.25, -0.2) is 0 Å². The fourth-order valence-corrected chi connectivity index (χ4v) is 1.95. The van der Waals surface area contributed by atoms with E-state index in [9.17, 15) is 4.79 Å². The second-order valence-electron chi connectivity index (χ2n) is 4.50. The van der Waals surface area contributed by atoms with Gasteiger partial charge in [0.1, 0.15) is 0 Å². The number of nitrogens with two attached hydrogens (primary N) is 1. The van der Waals surface area contributed by atoms with Crippen molar-refractivity contribution in [3.05, 3.63) is 59.7 Å². The molecule has 0 radical (unpaired) electrons. The highest BCUT2D eigenvalue weighted by molar-refractivity contribution is 6.00. The van der Waals surface area contributed by atoms with Gasteiger partial charge in [-0.1, -0.05) is 30.3 Å². The third-order valence-corrected chi connectivity index (χ3v) is 2.95. The maximum Gasteiger partial charge on any atom is 0.253 e. The van der Waals surface area contributed by atoms with Crippen molar-refractivity contribution in [3.8, 4) is 0 Å². The highest BCUT2D eigenvalue weighted by atomic mass is 16.1. The molecule has 0 atom stereocenters. The first-order chi connectivity index (χ1) is 9.70. The molecule has 0 unspecified atom stereocenters. The van der Waals surface area contributed by atoms with Gasteiger partial charge in [-0.15, -0.1) is 0 Å². The maximum absolute atomic E-state index is 12.0. The first-order valence-corrected chi connectivity index (χ1v) is 6.66. The number of benzene rings is 2. The molecule has 0 bridgehead atoms. The molecule has 2 aromatic rings. The van der Waals surface area contributed by atoms with E-state index in [0.29, 0.717) is 24.3 Å². The summed E-state index contributed by atoms with van der Waals surface area (Å²) < 4.78 is 0. The predicted molar refractivity (Wildman–Crippen MR) is 82.6 cm³/mol. The van der Waals surface area contributed by atoms with Crippen LogP contribution < -0.4 is 16.4 Å².